The molecule has 0 unspecified atom stereocenters. The molecule has 26 heavy (non-hydrogen) atoms. The zero-order valence-electron chi connectivity index (χ0n) is 14.3. The fourth-order valence-corrected chi connectivity index (χ4v) is 3.19. The van der Waals surface area contributed by atoms with E-state index >= 15 is 0 Å². The molecular weight excluding hydrogens is 375 g/mol. The Morgan fingerprint density at radius 2 is 1.96 bits per heavy atom. The van der Waals surface area contributed by atoms with E-state index in [-0.39, 0.29) is 18.4 Å². The number of alkyl halides is 2. The van der Waals surface area contributed by atoms with Gasteiger partial charge in [-0.2, -0.15) is 5.10 Å². The average Bonchev–Trinajstić information content (AvgIpc) is 2.96. The van der Waals surface area contributed by atoms with E-state index in [1.807, 2.05) is 36.1 Å². The van der Waals surface area contributed by atoms with Crippen molar-refractivity contribution in [2.24, 2.45) is 0 Å². The van der Waals surface area contributed by atoms with Crippen molar-refractivity contribution in [2.45, 2.75) is 30.3 Å². The molecule has 1 saturated heterocycles. The van der Waals surface area contributed by atoms with E-state index in [9.17, 15) is 9.90 Å². The zero-order chi connectivity index (χ0) is 18.7. The van der Waals surface area contributed by atoms with Gasteiger partial charge in [0, 0.05) is 13.1 Å². The molecule has 0 spiro atoms. The maximum Gasteiger partial charge on any atom is 0.224 e. The molecule has 1 aliphatic rings. The number of rotatable bonds is 5. The SMILES string of the molecule is Cc1ccc(N2C[C@H](NC(=O)Cc3ccc(C(Cl)Cl)cc3)[C@@H](O)C2)nn1. The summed E-state index contributed by atoms with van der Waals surface area (Å²) >= 11 is 11.6. The first-order valence-corrected chi connectivity index (χ1v) is 9.19. The minimum atomic E-state index is -0.655. The number of aromatic nitrogens is 2. The number of aliphatic hydroxyl groups excluding tert-OH is 1. The molecule has 0 bridgehead atoms. The normalized spacial score (nSPS) is 19.8. The number of aliphatic hydroxyl groups is 1. The summed E-state index contributed by atoms with van der Waals surface area (Å²) in [6.07, 6.45) is -0.430. The molecule has 0 saturated carbocycles. The lowest BCUT2D eigenvalue weighted by molar-refractivity contribution is -0.121. The number of nitrogens with one attached hydrogen (secondary N) is 1. The number of carbonyl (C=O) groups excluding carboxylic acids is 1. The second-order valence-corrected chi connectivity index (χ2v) is 7.49. The number of anilines is 1. The lowest BCUT2D eigenvalue weighted by Crippen LogP contribution is -2.43. The van der Waals surface area contributed by atoms with Gasteiger partial charge in [-0.1, -0.05) is 24.3 Å². The van der Waals surface area contributed by atoms with Crippen LogP contribution in [0.3, 0.4) is 0 Å². The summed E-state index contributed by atoms with van der Waals surface area (Å²) in [6, 6.07) is 10.6. The summed E-state index contributed by atoms with van der Waals surface area (Å²) in [6.45, 7) is 2.76. The Morgan fingerprint density at radius 3 is 2.58 bits per heavy atom. The fraction of sp³-hybridized carbons (Fsp3) is 0.389. The molecule has 138 valence electrons. The topological polar surface area (TPSA) is 78.4 Å². The zero-order valence-corrected chi connectivity index (χ0v) is 15.8. The van der Waals surface area contributed by atoms with E-state index in [1.165, 1.54) is 0 Å². The van der Waals surface area contributed by atoms with E-state index < -0.39 is 10.9 Å². The van der Waals surface area contributed by atoms with Crippen molar-refractivity contribution in [3.8, 4) is 0 Å². The van der Waals surface area contributed by atoms with Crippen molar-refractivity contribution in [3.63, 3.8) is 0 Å². The molecule has 2 aromatic rings. The Kier molecular flexibility index (Phi) is 5.96. The highest BCUT2D eigenvalue weighted by atomic mass is 35.5. The van der Waals surface area contributed by atoms with Crippen LogP contribution in [0.5, 0.6) is 0 Å². The van der Waals surface area contributed by atoms with Gasteiger partial charge < -0.3 is 15.3 Å². The van der Waals surface area contributed by atoms with E-state index in [1.54, 1.807) is 12.1 Å². The van der Waals surface area contributed by atoms with Crippen molar-refractivity contribution in [3.05, 3.63) is 53.2 Å². The molecule has 0 aliphatic carbocycles. The molecule has 1 amide bonds. The van der Waals surface area contributed by atoms with Crippen molar-refractivity contribution >= 4 is 34.9 Å². The second kappa shape index (κ2) is 8.20. The van der Waals surface area contributed by atoms with Crippen molar-refractivity contribution in [1.29, 1.82) is 0 Å². The summed E-state index contributed by atoms with van der Waals surface area (Å²) in [5.74, 6) is 0.547. The third kappa shape index (κ3) is 4.63. The van der Waals surface area contributed by atoms with Crippen LogP contribution < -0.4 is 10.2 Å². The van der Waals surface area contributed by atoms with E-state index in [2.05, 4.69) is 15.5 Å². The minimum absolute atomic E-state index is 0.146. The fourth-order valence-electron chi connectivity index (χ4n) is 2.90. The highest BCUT2D eigenvalue weighted by molar-refractivity contribution is 6.44. The van der Waals surface area contributed by atoms with Crippen molar-refractivity contribution < 1.29 is 9.90 Å². The summed E-state index contributed by atoms with van der Waals surface area (Å²) in [7, 11) is 0. The lowest BCUT2D eigenvalue weighted by atomic mass is 10.1. The van der Waals surface area contributed by atoms with Gasteiger partial charge in [0.05, 0.1) is 24.3 Å². The number of carbonyl (C=O) groups is 1. The summed E-state index contributed by atoms with van der Waals surface area (Å²) in [5.41, 5.74) is 2.48. The second-order valence-electron chi connectivity index (χ2n) is 6.40. The molecule has 1 aromatic heterocycles. The molecule has 1 fully saturated rings. The van der Waals surface area contributed by atoms with Crippen LogP contribution in [-0.2, 0) is 11.2 Å². The minimum Gasteiger partial charge on any atom is -0.389 e. The standard InChI is InChI=1S/C18H20Cl2N4O2/c1-11-2-7-16(23-22-11)24-9-14(15(25)10-24)21-17(26)8-12-3-5-13(6-4-12)18(19)20/h2-7,14-15,18,25H,8-10H2,1H3,(H,21,26)/t14-,15-/m0/s1. The molecule has 3 rings (SSSR count). The highest BCUT2D eigenvalue weighted by Gasteiger charge is 2.33. The van der Waals surface area contributed by atoms with Crippen LogP contribution in [0.4, 0.5) is 5.82 Å². The molecule has 8 heteroatoms. The van der Waals surface area contributed by atoms with Gasteiger partial charge in [0.1, 0.15) is 4.84 Å². The first-order valence-electron chi connectivity index (χ1n) is 8.32. The Morgan fingerprint density at radius 1 is 1.23 bits per heavy atom. The van der Waals surface area contributed by atoms with Crippen molar-refractivity contribution in [1.82, 2.24) is 15.5 Å². The molecule has 2 heterocycles. The predicted molar refractivity (Wildman–Crippen MR) is 102 cm³/mol. The van der Waals surface area contributed by atoms with Gasteiger partial charge in [-0.15, -0.1) is 28.3 Å². The first-order chi connectivity index (χ1) is 12.4. The van der Waals surface area contributed by atoms with Crippen molar-refractivity contribution in [2.75, 3.05) is 18.0 Å². The number of benzene rings is 1. The summed E-state index contributed by atoms with van der Waals surface area (Å²) in [5, 5.41) is 21.3. The maximum absolute atomic E-state index is 12.3. The summed E-state index contributed by atoms with van der Waals surface area (Å²) in [4.78, 5) is 13.6. The smallest absolute Gasteiger partial charge is 0.224 e. The van der Waals surface area contributed by atoms with Crippen LogP contribution in [0.2, 0.25) is 0 Å². The third-order valence-corrected chi connectivity index (χ3v) is 4.84. The number of nitrogens with zero attached hydrogens (tertiary/aromatic N) is 3. The molecular formula is C18H20Cl2N4O2. The van der Waals surface area contributed by atoms with Crippen LogP contribution in [0, 0.1) is 6.92 Å². The average molecular weight is 395 g/mol. The highest BCUT2D eigenvalue weighted by Crippen LogP contribution is 2.24. The largest absolute Gasteiger partial charge is 0.389 e. The van der Waals surface area contributed by atoms with Crippen LogP contribution in [0.15, 0.2) is 36.4 Å². The Balaban J connectivity index is 1.56. The molecule has 2 atom stereocenters. The Bertz CT molecular complexity index is 753. The maximum atomic E-state index is 12.3. The van der Waals surface area contributed by atoms with Gasteiger partial charge in [0.2, 0.25) is 5.91 Å². The van der Waals surface area contributed by atoms with Crippen LogP contribution >= 0.6 is 23.2 Å². The van der Waals surface area contributed by atoms with E-state index in [4.69, 9.17) is 23.2 Å². The summed E-state index contributed by atoms with van der Waals surface area (Å²) < 4.78 is 0. The molecule has 1 aromatic carbocycles. The van der Waals surface area contributed by atoms with Gasteiger partial charge in [0.15, 0.2) is 5.82 Å². The number of β-amino-alcohol motifs (C(OH)–C–C–N with tert-alkyl or cyclic N) is 1. The van der Waals surface area contributed by atoms with Crippen LogP contribution in [0.25, 0.3) is 0 Å². The third-order valence-electron chi connectivity index (χ3n) is 4.34. The Labute approximate surface area is 162 Å². The van der Waals surface area contributed by atoms with E-state index in [0.717, 1.165) is 16.8 Å². The number of amides is 1. The molecule has 6 nitrogen and oxygen atoms in total. The van der Waals surface area contributed by atoms with Gasteiger partial charge >= 0.3 is 0 Å². The molecule has 2 N–H and O–H groups in total. The van der Waals surface area contributed by atoms with Gasteiger partial charge in [0.25, 0.3) is 0 Å². The monoisotopic (exact) mass is 394 g/mol. The number of hydrogen-bond acceptors (Lipinski definition) is 5. The number of hydrogen-bond donors (Lipinski definition) is 2. The van der Waals surface area contributed by atoms with Crippen LogP contribution in [-0.4, -0.2) is 46.4 Å². The lowest BCUT2D eigenvalue weighted by Gasteiger charge is -2.17. The van der Waals surface area contributed by atoms with Gasteiger partial charge in [-0.3, -0.25) is 4.79 Å². The number of aryl methyl sites for hydroxylation is 1. The predicted octanol–water partition coefficient (Wildman–Crippen LogP) is 2.17. The molecule has 1 aliphatic heterocycles. The van der Waals surface area contributed by atoms with Gasteiger partial charge in [-0.05, 0) is 30.2 Å². The first kappa shape index (κ1) is 18.9. The molecule has 0 radical (unpaired) electrons. The quantitative estimate of drug-likeness (QED) is 0.759. The number of halogens is 2. The van der Waals surface area contributed by atoms with E-state index in [0.29, 0.717) is 18.9 Å². The van der Waals surface area contributed by atoms with Crippen LogP contribution in [0.1, 0.15) is 21.7 Å². The Hall–Kier alpha value is -1.89. The van der Waals surface area contributed by atoms with Gasteiger partial charge in [-0.25, -0.2) is 0 Å².